The first-order chi connectivity index (χ1) is 9.81. The summed E-state index contributed by atoms with van der Waals surface area (Å²) in [4.78, 5) is 13.8. The number of para-hydroxylation sites is 1. The summed E-state index contributed by atoms with van der Waals surface area (Å²) >= 11 is 0. The molecule has 0 aliphatic carbocycles. The fourth-order valence-electron chi connectivity index (χ4n) is 3.50. The number of nitrogen functional groups attached to an aromatic ring is 1. The number of piperazine rings is 1. The molecule has 2 N–H and O–H groups in total. The largest absolute Gasteiger partial charge is 0.368 e. The van der Waals surface area contributed by atoms with Gasteiger partial charge >= 0.3 is 0 Å². The lowest BCUT2D eigenvalue weighted by atomic mass is 10.1. The van der Waals surface area contributed by atoms with Gasteiger partial charge in [-0.15, -0.1) is 0 Å². The summed E-state index contributed by atoms with van der Waals surface area (Å²) in [6, 6.07) is 8.80. The Morgan fingerprint density at radius 1 is 1.10 bits per heavy atom. The lowest BCUT2D eigenvalue weighted by molar-refractivity contribution is 0.230. The summed E-state index contributed by atoms with van der Waals surface area (Å²) < 4.78 is 0. The standard InChI is InChI=1S/C15H19N5/c16-15-17-13-6-2-1-5-12(13)14(18-15)20-9-8-19-7-3-4-11(19)10-20/h1-2,5-6,11H,3-4,7-10H2,(H2,16,17,18). The fraction of sp³-hybridized carbons (Fsp3) is 0.467. The molecule has 0 saturated carbocycles. The van der Waals surface area contributed by atoms with E-state index in [1.165, 1.54) is 19.4 Å². The molecule has 1 unspecified atom stereocenters. The maximum atomic E-state index is 5.88. The van der Waals surface area contributed by atoms with Gasteiger partial charge in [-0.3, -0.25) is 4.90 Å². The molecule has 0 spiro atoms. The van der Waals surface area contributed by atoms with E-state index in [4.69, 9.17) is 5.73 Å². The highest BCUT2D eigenvalue weighted by atomic mass is 15.3. The van der Waals surface area contributed by atoms with Crippen molar-refractivity contribution in [1.29, 1.82) is 0 Å². The molecule has 20 heavy (non-hydrogen) atoms. The summed E-state index contributed by atoms with van der Waals surface area (Å²) in [5, 5.41) is 1.10. The van der Waals surface area contributed by atoms with E-state index < -0.39 is 0 Å². The molecule has 104 valence electrons. The maximum absolute atomic E-state index is 5.88. The Kier molecular flexibility index (Phi) is 2.73. The molecule has 1 aromatic heterocycles. The van der Waals surface area contributed by atoms with Crippen LogP contribution in [0.25, 0.3) is 10.9 Å². The molecular weight excluding hydrogens is 250 g/mol. The van der Waals surface area contributed by atoms with Gasteiger partial charge in [0, 0.05) is 31.1 Å². The zero-order valence-electron chi connectivity index (χ0n) is 11.5. The summed E-state index contributed by atoms with van der Waals surface area (Å²) in [6.07, 6.45) is 2.63. The summed E-state index contributed by atoms with van der Waals surface area (Å²) in [5.41, 5.74) is 6.81. The zero-order valence-corrected chi connectivity index (χ0v) is 11.5. The third-order valence-electron chi connectivity index (χ3n) is 4.49. The van der Waals surface area contributed by atoms with Crippen molar-refractivity contribution in [1.82, 2.24) is 14.9 Å². The van der Waals surface area contributed by atoms with E-state index in [9.17, 15) is 0 Å². The van der Waals surface area contributed by atoms with Gasteiger partial charge in [-0.1, -0.05) is 12.1 Å². The average Bonchev–Trinajstić information content (AvgIpc) is 2.93. The summed E-state index contributed by atoms with van der Waals surface area (Å²) in [6.45, 7) is 4.46. The molecule has 2 saturated heterocycles. The smallest absolute Gasteiger partial charge is 0.222 e. The van der Waals surface area contributed by atoms with Gasteiger partial charge in [-0.2, -0.15) is 4.98 Å². The van der Waals surface area contributed by atoms with Gasteiger partial charge < -0.3 is 10.6 Å². The number of nitrogens with two attached hydrogens (primary N) is 1. The van der Waals surface area contributed by atoms with Crippen molar-refractivity contribution < 1.29 is 0 Å². The van der Waals surface area contributed by atoms with Gasteiger partial charge in [-0.05, 0) is 31.5 Å². The quantitative estimate of drug-likeness (QED) is 0.850. The van der Waals surface area contributed by atoms with Crippen molar-refractivity contribution in [2.75, 3.05) is 36.8 Å². The third kappa shape index (κ3) is 1.89. The molecule has 2 aliphatic rings. The number of hydrogen-bond acceptors (Lipinski definition) is 5. The van der Waals surface area contributed by atoms with E-state index in [1.807, 2.05) is 18.2 Å². The van der Waals surface area contributed by atoms with Crippen molar-refractivity contribution in [2.24, 2.45) is 0 Å². The van der Waals surface area contributed by atoms with Crippen LogP contribution in [0.5, 0.6) is 0 Å². The first-order valence-electron chi connectivity index (χ1n) is 7.32. The number of aromatic nitrogens is 2. The van der Waals surface area contributed by atoms with Crippen molar-refractivity contribution in [3.63, 3.8) is 0 Å². The highest BCUT2D eigenvalue weighted by Gasteiger charge is 2.31. The van der Waals surface area contributed by atoms with Crippen LogP contribution in [0.4, 0.5) is 11.8 Å². The number of rotatable bonds is 1. The Morgan fingerprint density at radius 3 is 2.95 bits per heavy atom. The molecule has 0 radical (unpaired) electrons. The lowest BCUT2D eigenvalue weighted by Crippen LogP contribution is -2.50. The summed E-state index contributed by atoms with van der Waals surface area (Å²) in [5.74, 6) is 1.37. The van der Waals surface area contributed by atoms with E-state index in [0.717, 1.165) is 36.4 Å². The van der Waals surface area contributed by atoms with Crippen LogP contribution in [-0.2, 0) is 0 Å². The minimum absolute atomic E-state index is 0.368. The van der Waals surface area contributed by atoms with Crippen LogP contribution < -0.4 is 10.6 Å². The van der Waals surface area contributed by atoms with Gasteiger partial charge in [0.1, 0.15) is 5.82 Å². The van der Waals surface area contributed by atoms with Crippen molar-refractivity contribution in [2.45, 2.75) is 18.9 Å². The van der Waals surface area contributed by atoms with E-state index in [2.05, 4.69) is 25.8 Å². The van der Waals surface area contributed by atoms with Crippen LogP contribution in [0.15, 0.2) is 24.3 Å². The number of anilines is 2. The lowest BCUT2D eigenvalue weighted by Gasteiger charge is -2.38. The second-order valence-electron chi connectivity index (χ2n) is 5.70. The topological polar surface area (TPSA) is 58.3 Å². The van der Waals surface area contributed by atoms with Gasteiger partial charge in [0.2, 0.25) is 5.95 Å². The van der Waals surface area contributed by atoms with Crippen LogP contribution in [-0.4, -0.2) is 47.1 Å². The SMILES string of the molecule is Nc1nc(N2CCN3CCCC3C2)c2ccccc2n1. The van der Waals surface area contributed by atoms with Crippen molar-refractivity contribution in [3.05, 3.63) is 24.3 Å². The molecule has 2 aliphatic heterocycles. The highest BCUT2D eigenvalue weighted by molar-refractivity contribution is 5.90. The van der Waals surface area contributed by atoms with Crippen LogP contribution >= 0.6 is 0 Å². The highest BCUT2D eigenvalue weighted by Crippen LogP contribution is 2.29. The third-order valence-corrected chi connectivity index (χ3v) is 4.49. The van der Waals surface area contributed by atoms with E-state index in [0.29, 0.717) is 12.0 Å². The number of fused-ring (bicyclic) bond motifs is 2. The second kappa shape index (κ2) is 4.59. The van der Waals surface area contributed by atoms with Crippen molar-refractivity contribution >= 4 is 22.7 Å². The molecule has 0 amide bonds. The predicted molar refractivity (Wildman–Crippen MR) is 80.8 cm³/mol. The molecule has 2 aromatic rings. The fourth-order valence-corrected chi connectivity index (χ4v) is 3.50. The van der Waals surface area contributed by atoms with E-state index >= 15 is 0 Å². The van der Waals surface area contributed by atoms with Crippen LogP contribution in [0.1, 0.15) is 12.8 Å². The van der Waals surface area contributed by atoms with Gasteiger partial charge in [0.25, 0.3) is 0 Å². The number of nitrogens with zero attached hydrogens (tertiary/aromatic N) is 4. The average molecular weight is 269 g/mol. The van der Waals surface area contributed by atoms with Gasteiger partial charge in [0.15, 0.2) is 0 Å². The van der Waals surface area contributed by atoms with Gasteiger partial charge in [-0.25, -0.2) is 4.98 Å². The number of hydrogen-bond donors (Lipinski definition) is 1. The summed E-state index contributed by atoms with van der Waals surface area (Å²) in [7, 11) is 0. The molecule has 0 bridgehead atoms. The predicted octanol–water partition coefficient (Wildman–Crippen LogP) is 1.50. The maximum Gasteiger partial charge on any atom is 0.222 e. The Bertz CT molecular complexity index is 641. The molecular formula is C15H19N5. The van der Waals surface area contributed by atoms with E-state index in [1.54, 1.807) is 0 Å². The second-order valence-corrected chi connectivity index (χ2v) is 5.70. The Balaban J connectivity index is 1.74. The molecule has 5 nitrogen and oxygen atoms in total. The van der Waals surface area contributed by atoms with Crippen LogP contribution in [0.3, 0.4) is 0 Å². The molecule has 1 atom stereocenters. The Morgan fingerprint density at radius 2 is 2.00 bits per heavy atom. The van der Waals surface area contributed by atoms with Crippen LogP contribution in [0.2, 0.25) is 0 Å². The molecule has 4 rings (SSSR count). The van der Waals surface area contributed by atoms with Gasteiger partial charge in [0.05, 0.1) is 5.52 Å². The first-order valence-corrected chi connectivity index (χ1v) is 7.32. The monoisotopic (exact) mass is 269 g/mol. The number of benzene rings is 1. The van der Waals surface area contributed by atoms with Crippen molar-refractivity contribution in [3.8, 4) is 0 Å². The zero-order chi connectivity index (χ0) is 13.5. The van der Waals surface area contributed by atoms with E-state index in [-0.39, 0.29) is 0 Å². The molecule has 5 heteroatoms. The molecule has 2 fully saturated rings. The normalized spacial score (nSPS) is 23.2. The first kappa shape index (κ1) is 11.9. The Labute approximate surface area is 118 Å². The molecule has 3 heterocycles. The Hall–Kier alpha value is -1.88. The van der Waals surface area contributed by atoms with Crippen LogP contribution in [0, 0.1) is 0 Å². The minimum atomic E-state index is 0.368. The molecule has 1 aromatic carbocycles. The minimum Gasteiger partial charge on any atom is -0.368 e.